The maximum Gasteiger partial charge on any atom is 0.305 e. The van der Waals surface area contributed by atoms with Crippen LogP contribution >= 0.6 is 0 Å². The first-order valence-electron chi connectivity index (χ1n) is 3.63. The standard InChI is InChI=1S/C7H14N2O3/c1-7(2,8)6(12)9-4-3-5(10)11/h3-4,8H2,1-2H3,(H,9,12)(H,10,11). The van der Waals surface area contributed by atoms with E-state index in [1.54, 1.807) is 13.8 Å². The minimum absolute atomic E-state index is 0.0815. The Labute approximate surface area is 70.9 Å². The van der Waals surface area contributed by atoms with Crippen LogP contribution in [-0.4, -0.2) is 29.1 Å². The van der Waals surface area contributed by atoms with Gasteiger partial charge in [-0.2, -0.15) is 0 Å². The predicted octanol–water partition coefficient (Wildman–Crippen LogP) is -0.685. The minimum Gasteiger partial charge on any atom is -0.481 e. The maximum absolute atomic E-state index is 11.0. The Morgan fingerprint density at radius 3 is 2.33 bits per heavy atom. The number of carboxylic acid groups (broad SMARTS) is 1. The van der Waals surface area contributed by atoms with E-state index in [1.165, 1.54) is 0 Å². The molecule has 0 aromatic heterocycles. The molecule has 0 bridgehead atoms. The molecule has 0 unspecified atom stereocenters. The quantitative estimate of drug-likeness (QED) is 0.526. The van der Waals surface area contributed by atoms with E-state index in [1.807, 2.05) is 0 Å². The van der Waals surface area contributed by atoms with Gasteiger partial charge in [0.1, 0.15) is 0 Å². The van der Waals surface area contributed by atoms with E-state index in [4.69, 9.17) is 10.8 Å². The van der Waals surface area contributed by atoms with Crippen LogP contribution in [-0.2, 0) is 9.59 Å². The van der Waals surface area contributed by atoms with Crippen LogP contribution in [0.25, 0.3) is 0 Å². The lowest BCUT2D eigenvalue weighted by atomic mass is 10.1. The highest BCUT2D eigenvalue weighted by molar-refractivity contribution is 5.85. The summed E-state index contributed by atoms with van der Waals surface area (Å²) in [7, 11) is 0. The Hall–Kier alpha value is -1.10. The molecular formula is C7H14N2O3. The van der Waals surface area contributed by atoms with E-state index in [2.05, 4.69) is 5.32 Å². The molecule has 0 aromatic carbocycles. The van der Waals surface area contributed by atoms with Gasteiger partial charge < -0.3 is 16.2 Å². The smallest absolute Gasteiger partial charge is 0.305 e. The van der Waals surface area contributed by atoms with Gasteiger partial charge in [-0.15, -0.1) is 0 Å². The van der Waals surface area contributed by atoms with Gasteiger partial charge >= 0.3 is 5.97 Å². The van der Waals surface area contributed by atoms with Gasteiger partial charge in [0.25, 0.3) is 0 Å². The van der Waals surface area contributed by atoms with Crippen LogP contribution in [0.4, 0.5) is 0 Å². The van der Waals surface area contributed by atoms with Gasteiger partial charge in [-0.05, 0) is 13.8 Å². The van der Waals surface area contributed by atoms with Gasteiger partial charge in [0.2, 0.25) is 5.91 Å². The minimum atomic E-state index is -0.946. The van der Waals surface area contributed by atoms with Crippen molar-refractivity contribution in [1.82, 2.24) is 5.32 Å². The molecule has 0 saturated carbocycles. The summed E-state index contributed by atoms with van der Waals surface area (Å²) in [6.45, 7) is 3.24. The fourth-order valence-corrected chi connectivity index (χ4v) is 0.511. The fraction of sp³-hybridized carbons (Fsp3) is 0.714. The van der Waals surface area contributed by atoms with Crippen molar-refractivity contribution in [3.05, 3.63) is 0 Å². The number of carbonyl (C=O) groups is 2. The molecule has 0 fully saturated rings. The lowest BCUT2D eigenvalue weighted by Crippen LogP contribution is -2.49. The lowest BCUT2D eigenvalue weighted by Gasteiger charge is -2.16. The highest BCUT2D eigenvalue weighted by Crippen LogP contribution is 1.95. The van der Waals surface area contributed by atoms with Crippen LogP contribution in [0.3, 0.4) is 0 Å². The van der Waals surface area contributed by atoms with Crippen molar-refractivity contribution in [3.63, 3.8) is 0 Å². The SMILES string of the molecule is CC(C)(N)C(=O)NCCC(=O)O. The molecule has 5 heteroatoms. The zero-order chi connectivity index (χ0) is 9.78. The average molecular weight is 174 g/mol. The molecule has 0 rings (SSSR count). The fourth-order valence-electron chi connectivity index (χ4n) is 0.511. The second kappa shape index (κ2) is 4.06. The second-order valence-electron chi connectivity index (χ2n) is 3.12. The summed E-state index contributed by atoms with van der Waals surface area (Å²) in [4.78, 5) is 21.1. The number of nitrogens with one attached hydrogen (secondary N) is 1. The van der Waals surface area contributed by atoms with E-state index >= 15 is 0 Å². The molecule has 0 atom stereocenters. The predicted molar refractivity (Wildman–Crippen MR) is 43.5 cm³/mol. The summed E-state index contributed by atoms with van der Waals surface area (Å²) in [5.74, 6) is -1.28. The van der Waals surface area contributed by atoms with E-state index in [-0.39, 0.29) is 18.9 Å². The van der Waals surface area contributed by atoms with Gasteiger partial charge in [0.15, 0.2) is 0 Å². The summed E-state index contributed by atoms with van der Waals surface area (Å²) >= 11 is 0. The molecule has 0 aliphatic heterocycles. The van der Waals surface area contributed by atoms with Crippen molar-refractivity contribution >= 4 is 11.9 Å². The topological polar surface area (TPSA) is 92.4 Å². The third-order valence-corrected chi connectivity index (χ3v) is 1.21. The highest BCUT2D eigenvalue weighted by Gasteiger charge is 2.20. The van der Waals surface area contributed by atoms with Gasteiger partial charge in [0.05, 0.1) is 12.0 Å². The van der Waals surface area contributed by atoms with Crippen molar-refractivity contribution < 1.29 is 14.7 Å². The first-order chi connectivity index (χ1) is 5.34. The molecule has 0 aromatic rings. The van der Waals surface area contributed by atoms with Crippen molar-refractivity contribution in [2.45, 2.75) is 25.8 Å². The van der Waals surface area contributed by atoms with Crippen molar-refractivity contribution in [2.24, 2.45) is 5.73 Å². The highest BCUT2D eigenvalue weighted by atomic mass is 16.4. The monoisotopic (exact) mass is 174 g/mol. The maximum atomic E-state index is 11.0. The zero-order valence-corrected chi connectivity index (χ0v) is 7.26. The number of hydrogen-bond acceptors (Lipinski definition) is 3. The van der Waals surface area contributed by atoms with Gasteiger partial charge in [-0.25, -0.2) is 0 Å². The van der Waals surface area contributed by atoms with Crippen LogP contribution in [0.2, 0.25) is 0 Å². The number of aliphatic carboxylic acids is 1. The molecule has 0 heterocycles. The number of hydrogen-bond donors (Lipinski definition) is 3. The van der Waals surface area contributed by atoms with Crippen LogP contribution in [0.1, 0.15) is 20.3 Å². The third kappa shape index (κ3) is 4.68. The molecule has 70 valence electrons. The van der Waals surface area contributed by atoms with E-state index < -0.39 is 11.5 Å². The van der Waals surface area contributed by atoms with Gasteiger partial charge in [-0.3, -0.25) is 9.59 Å². The summed E-state index contributed by atoms with van der Waals surface area (Å²) in [6.07, 6.45) is -0.0815. The molecule has 0 aliphatic rings. The summed E-state index contributed by atoms with van der Waals surface area (Å²) < 4.78 is 0. The third-order valence-electron chi connectivity index (χ3n) is 1.21. The Balaban J connectivity index is 3.66. The first-order valence-corrected chi connectivity index (χ1v) is 3.63. The van der Waals surface area contributed by atoms with Crippen LogP contribution < -0.4 is 11.1 Å². The molecule has 0 radical (unpaired) electrons. The number of carboxylic acids is 1. The number of amides is 1. The molecule has 4 N–H and O–H groups in total. The first kappa shape index (κ1) is 10.9. The molecule has 0 spiro atoms. The summed E-state index contributed by atoms with van der Waals surface area (Å²) in [5, 5.41) is 10.7. The Kier molecular flexibility index (Phi) is 3.69. The molecule has 1 amide bonds. The average Bonchev–Trinajstić information content (AvgIpc) is 1.84. The molecule has 0 aliphatic carbocycles. The van der Waals surface area contributed by atoms with E-state index in [0.29, 0.717) is 0 Å². The molecule has 5 nitrogen and oxygen atoms in total. The van der Waals surface area contributed by atoms with Gasteiger partial charge in [-0.1, -0.05) is 0 Å². The van der Waals surface area contributed by atoms with Crippen molar-refractivity contribution in [3.8, 4) is 0 Å². The number of nitrogens with two attached hydrogens (primary N) is 1. The van der Waals surface area contributed by atoms with Crippen LogP contribution in [0.15, 0.2) is 0 Å². The molecule has 12 heavy (non-hydrogen) atoms. The van der Waals surface area contributed by atoms with Crippen molar-refractivity contribution in [2.75, 3.05) is 6.54 Å². The van der Waals surface area contributed by atoms with E-state index in [0.717, 1.165) is 0 Å². The number of carbonyl (C=O) groups excluding carboxylic acids is 1. The lowest BCUT2D eigenvalue weighted by molar-refractivity contribution is -0.137. The molecular weight excluding hydrogens is 160 g/mol. The van der Waals surface area contributed by atoms with Gasteiger partial charge in [0, 0.05) is 6.54 Å². The zero-order valence-electron chi connectivity index (χ0n) is 7.26. The normalized spacial score (nSPS) is 10.9. The van der Waals surface area contributed by atoms with Crippen molar-refractivity contribution in [1.29, 1.82) is 0 Å². The Morgan fingerprint density at radius 2 is 2.00 bits per heavy atom. The summed E-state index contributed by atoms with van der Waals surface area (Å²) in [5.41, 5.74) is 4.49. The number of rotatable bonds is 4. The van der Waals surface area contributed by atoms with E-state index in [9.17, 15) is 9.59 Å². The molecule has 0 saturated heterocycles. The largest absolute Gasteiger partial charge is 0.481 e. The van der Waals surface area contributed by atoms with Crippen LogP contribution in [0.5, 0.6) is 0 Å². The Morgan fingerprint density at radius 1 is 1.50 bits per heavy atom. The Bertz CT molecular complexity index is 184. The summed E-state index contributed by atoms with van der Waals surface area (Å²) in [6, 6.07) is 0. The van der Waals surface area contributed by atoms with Crippen LogP contribution in [0, 0.1) is 0 Å². The second-order valence-corrected chi connectivity index (χ2v) is 3.12.